The number of likely N-dealkylation sites (tertiary alicyclic amines) is 1. The third-order valence-corrected chi connectivity index (χ3v) is 5.10. The van der Waals surface area contributed by atoms with Gasteiger partial charge in [-0.05, 0) is 38.7 Å². The highest BCUT2D eigenvalue weighted by atomic mass is 19.4. The van der Waals surface area contributed by atoms with Crippen LogP contribution in [0.2, 0.25) is 0 Å². The molecule has 1 aliphatic rings. The van der Waals surface area contributed by atoms with Crippen molar-refractivity contribution in [3.63, 3.8) is 0 Å². The number of aromatic amines is 1. The van der Waals surface area contributed by atoms with Crippen LogP contribution >= 0.6 is 0 Å². The number of hydrogen-bond donors (Lipinski definition) is 1. The standard InChI is InChI=1S/C17H21F3N4O2/c1-10-13(11(2)24-14(21-10)9-15(25)22-24)3-4-16(26)23-7-5-12(6-8-23)17(18,19)20/h9,12H,3-8H2,1-2H3,(H,22,25). The first-order valence-corrected chi connectivity index (χ1v) is 8.59. The van der Waals surface area contributed by atoms with Crippen molar-refractivity contribution in [1.82, 2.24) is 19.5 Å². The number of nitrogens with zero attached hydrogens (tertiary/aromatic N) is 3. The minimum atomic E-state index is -4.18. The maximum absolute atomic E-state index is 12.7. The van der Waals surface area contributed by atoms with Crippen molar-refractivity contribution in [2.24, 2.45) is 5.92 Å². The van der Waals surface area contributed by atoms with Gasteiger partial charge < -0.3 is 4.90 Å². The molecule has 1 fully saturated rings. The molecule has 0 saturated carbocycles. The van der Waals surface area contributed by atoms with Crippen LogP contribution in [0.25, 0.3) is 5.65 Å². The molecule has 1 saturated heterocycles. The second-order valence-corrected chi connectivity index (χ2v) is 6.77. The third-order valence-electron chi connectivity index (χ3n) is 5.10. The van der Waals surface area contributed by atoms with E-state index in [1.807, 2.05) is 13.8 Å². The number of aryl methyl sites for hydroxylation is 2. The highest BCUT2D eigenvalue weighted by Crippen LogP contribution is 2.34. The molecule has 1 N–H and O–H groups in total. The zero-order valence-corrected chi connectivity index (χ0v) is 14.7. The number of aromatic nitrogens is 3. The maximum atomic E-state index is 12.7. The van der Waals surface area contributed by atoms with Gasteiger partial charge in [-0.1, -0.05) is 0 Å². The summed E-state index contributed by atoms with van der Waals surface area (Å²) in [6, 6.07) is 1.40. The number of piperidine rings is 1. The monoisotopic (exact) mass is 370 g/mol. The Bertz CT molecular complexity index is 876. The molecular weight excluding hydrogens is 349 g/mol. The second kappa shape index (κ2) is 6.77. The van der Waals surface area contributed by atoms with Gasteiger partial charge in [0.1, 0.15) is 0 Å². The summed E-state index contributed by atoms with van der Waals surface area (Å²) in [6.07, 6.45) is -3.62. The molecule has 0 unspecified atom stereocenters. The average Bonchev–Trinajstić information content (AvgIpc) is 2.94. The lowest BCUT2D eigenvalue weighted by atomic mass is 9.96. The fourth-order valence-electron chi connectivity index (χ4n) is 3.56. The highest BCUT2D eigenvalue weighted by Gasteiger charge is 2.41. The minimum absolute atomic E-state index is 0.0363. The molecule has 6 nitrogen and oxygen atoms in total. The molecule has 0 aromatic carbocycles. The summed E-state index contributed by atoms with van der Waals surface area (Å²) in [4.78, 5) is 29.7. The van der Waals surface area contributed by atoms with E-state index in [1.54, 1.807) is 4.52 Å². The summed E-state index contributed by atoms with van der Waals surface area (Å²) in [7, 11) is 0. The topological polar surface area (TPSA) is 70.5 Å². The van der Waals surface area contributed by atoms with Crippen LogP contribution < -0.4 is 5.56 Å². The van der Waals surface area contributed by atoms with E-state index in [2.05, 4.69) is 10.1 Å². The summed E-state index contributed by atoms with van der Waals surface area (Å²) < 4.78 is 39.7. The first kappa shape index (κ1) is 18.5. The fraction of sp³-hybridized carbons (Fsp3) is 0.588. The van der Waals surface area contributed by atoms with Gasteiger partial charge in [0.25, 0.3) is 5.56 Å². The van der Waals surface area contributed by atoms with Gasteiger partial charge in [-0.15, -0.1) is 0 Å². The molecule has 142 valence electrons. The summed E-state index contributed by atoms with van der Waals surface area (Å²) in [6.45, 7) is 3.94. The van der Waals surface area contributed by atoms with E-state index in [-0.39, 0.29) is 43.8 Å². The zero-order valence-electron chi connectivity index (χ0n) is 14.7. The van der Waals surface area contributed by atoms with Crippen LogP contribution in [-0.2, 0) is 11.2 Å². The van der Waals surface area contributed by atoms with Gasteiger partial charge in [0.05, 0.1) is 5.92 Å². The molecule has 2 aromatic heterocycles. The van der Waals surface area contributed by atoms with Crippen LogP contribution in [0.15, 0.2) is 10.9 Å². The quantitative estimate of drug-likeness (QED) is 0.902. The molecule has 0 spiro atoms. The molecule has 3 heterocycles. The van der Waals surface area contributed by atoms with E-state index < -0.39 is 12.1 Å². The molecular formula is C17H21F3N4O2. The number of H-pyrrole nitrogens is 1. The van der Waals surface area contributed by atoms with Crippen molar-refractivity contribution < 1.29 is 18.0 Å². The number of rotatable bonds is 3. The Morgan fingerprint density at radius 1 is 1.31 bits per heavy atom. The van der Waals surface area contributed by atoms with E-state index in [0.29, 0.717) is 12.1 Å². The number of hydrogen-bond acceptors (Lipinski definition) is 3. The molecule has 1 amide bonds. The first-order chi connectivity index (χ1) is 12.2. The number of amides is 1. The van der Waals surface area contributed by atoms with Gasteiger partial charge in [0, 0.05) is 37.0 Å². The molecule has 26 heavy (non-hydrogen) atoms. The van der Waals surface area contributed by atoms with Crippen LogP contribution in [0.4, 0.5) is 13.2 Å². The summed E-state index contributed by atoms with van der Waals surface area (Å²) in [5, 5.41) is 2.66. The van der Waals surface area contributed by atoms with Gasteiger partial charge in [-0.25, -0.2) is 9.50 Å². The zero-order chi connectivity index (χ0) is 19.1. The Hall–Kier alpha value is -2.32. The number of carbonyl (C=O) groups is 1. The molecule has 0 aliphatic carbocycles. The van der Waals surface area contributed by atoms with Gasteiger partial charge >= 0.3 is 6.18 Å². The molecule has 9 heteroatoms. The van der Waals surface area contributed by atoms with Crippen LogP contribution in [-0.4, -0.2) is 44.7 Å². The van der Waals surface area contributed by atoms with E-state index >= 15 is 0 Å². The molecule has 0 radical (unpaired) electrons. The Morgan fingerprint density at radius 3 is 2.58 bits per heavy atom. The van der Waals surface area contributed by atoms with Crippen LogP contribution in [0.5, 0.6) is 0 Å². The smallest absolute Gasteiger partial charge is 0.343 e. The Morgan fingerprint density at radius 2 is 1.96 bits per heavy atom. The van der Waals surface area contributed by atoms with E-state index in [1.165, 1.54) is 11.0 Å². The number of alkyl halides is 3. The summed E-state index contributed by atoms with van der Waals surface area (Å²) in [5.41, 5.74) is 2.68. The Kier molecular flexibility index (Phi) is 4.81. The van der Waals surface area contributed by atoms with Crippen molar-refractivity contribution in [2.75, 3.05) is 13.1 Å². The predicted octanol–water partition coefficient (Wildman–Crippen LogP) is 2.37. The fourth-order valence-corrected chi connectivity index (χ4v) is 3.56. The number of nitrogens with one attached hydrogen (secondary N) is 1. The predicted molar refractivity (Wildman–Crippen MR) is 89.0 cm³/mol. The summed E-state index contributed by atoms with van der Waals surface area (Å²) >= 11 is 0. The van der Waals surface area contributed by atoms with Gasteiger partial charge in [-0.3, -0.25) is 14.7 Å². The normalized spacial score (nSPS) is 16.4. The Labute approximate surface area is 148 Å². The van der Waals surface area contributed by atoms with E-state index in [4.69, 9.17) is 0 Å². The minimum Gasteiger partial charge on any atom is -0.343 e. The SMILES string of the molecule is Cc1nc2cc(=O)[nH]n2c(C)c1CCC(=O)N1CCC(C(F)(F)F)CC1. The van der Waals surface area contributed by atoms with Crippen LogP contribution in [0.3, 0.4) is 0 Å². The molecule has 2 aromatic rings. The van der Waals surface area contributed by atoms with Crippen LogP contribution in [0, 0.1) is 19.8 Å². The molecule has 0 atom stereocenters. The molecule has 0 bridgehead atoms. The first-order valence-electron chi connectivity index (χ1n) is 8.59. The lowest BCUT2D eigenvalue weighted by molar-refractivity contribution is -0.186. The maximum Gasteiger partial charge on any atom is 0.391 e. The largest absolute Gasteiger partial charge is 0.391 e. The van der Waals surface area contributed by atoms with E-state index in [0.717, 1.165) is 17.0 Å². The molecule has 1 aliphatic heterocycles. The van der Waals surface area contributed by atoms with Crippen molar-refractivity contribution in [1.29, 1.82) is 0 Å². The van der Waals surface area contributed by atoms with Crippen molar-refractivity contribution in [2.45, 2.75) is 45.7 Å². The van der Waals surface area contributed by atoms with Crippen LogP contribution in [0.1, 0.15) is 36.2 Å². The van der Waals surface area contributed by atoms with Gasteiger partial charge in [0.15, 0.2) is 5.65 Å². The number of carbonyl (C=O) groups excluding carboxylic acids is 1. The Balaban J connectivity index is 1.65. The van der Waals surface area contributed by atoms with E-state index in [9.17, 15) is 22.8 Å². The van der Waals surface area contributed by atoms with Crippen molar-refractivity contribution in [3.05, 3.63) is 33.4 Å². The number of halogens is 3. The summed E-state index contributed by atoms with van der Waals surface area (Å²) in [5.74, 6) is -1.46. The number of fused-ring (bicyclic) bond motifs is 1. The highest BCUT2D eigenvalue weighted by molar-refractivity contribution is 5.76. The van der Waals surface area contributed by atoms with Gasteiger partial charge in [0.2, 0.25) is 5.91 Å². The molecule has 3 rings (SSSR count). The lowest BCUT2D eigenvalue weighted by Gasteiger charge is -2.33. The average molecular weight is 370 g/mol. The lowest BCUT2D eigenvalue weighted by Crippen LogP contribution is -2.42. The second-order valence-electron chi connectivity index (χ2n) is 6.77. The third kappa shape index (κ3) is 3.61. The van der Waals surface area contributed by atoms with Crippen molar-refractivity contribution >= 4 is 11.6 Å². The van der Waals surface area contributed by atoms with Crippen molar-refractivity contribution in [3.8, 4) is 0 Å². The van der Waals surface area contributed by atoms with Gasteiger partial charge in [-0.2, -0.15) is 13.2 Å².